The van der Waals surface area contributed by atoms with Gasteiger partial charge in [0.15, 0.2) is 0 Å². The van der Waals surface area contributed by atoms with Gasteiger partial charge in [0.05, 0.1) is 6.10 Å². The maximum absolute atomic E-state index is 13.3. The predicted octanol–water partition coefficient (Wildman–Crippen LogP) is 15.5. The third-order valence-corrected chi connectivity index (χ3v) is 12.2. The van der Waals surface area contributed by atoms with Crippen LogP contribution >= 0.6 is 7.37 Å². The van der Waals surface area contributed by atoms with E-state index in [-0.39, 0.29) is 11.3 Å². The lowest BCUT2D eigenvalue weighted by Gasteiger charge is -2.31. The Hall–Kier alpha value is -0.850. The van der Waals surface area contributed by atoms with Crippen molar-refractivity contribution in [3.63, 3.8) is 0 Å². The number of allylic oxidation sites excluding steroid dienone is 8. The van der Waals surface area contributed by atoms with E-state index >= 15 is 0 Å². The van der Waals surface area contributed by atoms with Gasteiger partial charge in [0.25, 0.3) is 0 Å². The fraction of sp³-hybridized carbons (Fsp3) is 0.810. The van der Waals surface area contributed by atoms with E-state index in [0.717, 1.165) is 25.7 Å². The first kappa shape index (κ1) is 44.1. The largest absolute Gasteiger partial charge is 0.325 e. The maximum atomic E-state index is 13.3. The van der Waals surface area contributed by atoms with Crippen LogP contribution in [0.5, 0.6) is 0 Å². The molecule has 0 N–H and O–H groups in total. The summed E-state index contributed by atoms with van der Waals surface area (Å²) in [7, 11) is -2.64. The molecule has 0 aromatic heterocycles. The van der Waals surface area contributed by atoms with Gasteiger partial charge in [-0.1, -0.05) is 173 Å². The lowest BCUT2D eigenvalue weighted by Crippen LogP contribution is -2.21. The average Bonchev–Trinajstić information content (AvgIpc) is 2.99. The Morgan fingerprint density at radius 2 is 0.800 bits per heavy atom. The van der Waals surface area contributed by atoms with Crippen molar-refractivity contribution in [2.75, 3.05) is 6.66 Å². The Kier molecular flexibility index (Phi) is 31.1. The average molecular weight is 647 g/mol. The molecule has 0 aliphatic heterocycles. The van der Waals surface area contributed by atoms with Crippen LogP contribution in [0.15, 0.2) is 48.6 Å². The number of unbranched alkanes of at least 4 members (excludes halogenated alkanes) is 18. The van der Waals surface area contributed by atoms with Crippen LogP contribution < -0.4 is 0 Å². The second-order valence-electron chi connectivity index (χ2n) is 14.5. The standard InChI is InChI=1S/C42H79O2P/c1-7-9-11-13-15-17-19-21-23-25-27-29-31-33-35-37-39-41(44-45(6,43)42(3,4)5)40-38-36-34-32-30-28-26-24-22-20-18-16-14-12-10-8-2/h15-18,21-24,41H,7-14,19-20,25-40H2,1-6H3/b17-15-,18-16-,23-21-,24-22-. The van der Waals surface area contributed by atoms with E-state index in [2.05, 4.69) is 83.2 Å². The van der Waals surface area contributed by atoms with Crippen LogP contribution in [0.1, 0.15) is 202 Å². The van der Waals surface area contributed by atoms with Crippen molar-refractivity contribution in [2.24, 2.45) is 0 Å². The van der Waals surface area contributed by atoms with Crippen LogP contribution in [0, 0.1) is 0 Å². The van der Waals surface area contributed by atoms with Gasteiger partial charge in [-0.05, 0) is 77.0 Å². The monoisotopic (exact) mass is 647 g/mol. The summed E-state index contributed by atoms with van der Waals surface area (Å²) in [5.74, 6) is 0. The molecule has 0 heterocycles. The third-order valence-electron chi connectivity index (χ3n) is 9.02. The summed E-state index contributed by atoms with van der Waals surface area (Å²) < 4.78 is 19.7. The summed E-state index contributed by atoms with van der Waals surface area (Å²) in [4.78, 5) is 0. The van der Waals surface area contributed by atoms with E-state index in [1.54, 1.807) is 0 Å². The maximum Gasteiger partial charge on any atom is 0.205 e. The molecule has 0 radical (unpaired) electrons. The molecule has 0 spiro atoms. The molecule has 45 heavy (non-hydrogen) atoms. The smallest absolute Gasteiger partial charge is 0.205 e. The minimum absolute atomic E-state index is 0.150. The first-order valence-corrected chi connectivity index (χ1v) is 21.7. The minimum Gasteiger partial charge on any atom is -0.325 e. The van der Waals surface area contributed by atoms with E-state index in [1.807, 2.05) is 6.66 Å². The Bertz CT molecular complexity index is 737. The molecule has 3 heteroatoms. The minimum atomic E-state index is -2.64. The summed E-state index contributed by atoms with van der Waals surface area (Å²) in [6.07, 6.45) is 51.5. The SMILES string of the molecule is CCCCC/C=C\C/C=C\CCCCCCCCC(CCCCCCCC/C=C\C/C=C\CCCCC)OP(C)(=O)C(C)(C)C. The summed E-state index contributed by atoms with van der Waals surface area (Å²) in [6, 6.07) is 0. The van der Waals surface area contributed by atoms with E-state index in [1.165, 1.54) is 141 Å². The highest BCUT2D eigenvalue weighted by Gasteiger charge is 2.35. The molecular weight excluding hydrogens is 567 g/mol. The second-order valence-corrected chi connectivity index (χ2v) is 17.7. The van der Waals surface area contributed by atoms with Gasteiger partial charge >= 0.3 is 0 Å². The Balaban J connectivity index is 4.05. The normalized spacial score (nSPS) is 14.3. The molecule has 1 unspecified atom stereocenters. The van der Waals surface area contributed by atoms with Crippen molar-refractivity contribution in [1.82, 2.24) is 0 Å². The number of rotatable bonds is 32. The van der Waals surface area contributed by atoms with Gasteiger partial charge in [0, 0.05) is 11.8 Å². The van der Waals surface area contributed by atoms with Gasteiger partial charge in [-0.3, -0.25) is 4.57 Å². The molecule has 0 aromatic rings. The Morgan fingerprint density at radius 1 is 0.489 bits per heavy atom. The zero-order valence-corrected chi connectivity index (χ0v) is 32.2. The van der Waals surface area contributed by atoms with Crippen LogP contribution in [-0.4, -0.2) is 17.9 Å². The summed E-state index contributed by atoms with van der Waals surface area (Å²) in [6.45, 7) is 12.6. The van der Waals surface area contributed by atoms with Crippen LogP contribution in [0.3, 0.4) is 0 Å². The fourth-order valence-electron chi connectivity index (χ4n) is 5.41. The Labute approximate surface area is 283 Å². The highest BCUT2D eigenvalue weighted by molar-refractivity contribution is 7.59. The topological polar surface area (TPSA) is 26.3 Å². The van der Waals surface area contributed by atoms with Gasteiger partial charge < -0.3 is 4.52 Å². The molecule has 2 nitrogen and oxygen atoms in total. The molecule has 0 aromatic carbocycles. The molecule has 0 saturated heterocycles. The van der Waals surface area contributed by atoms with Crippen LogP contribution in [0.4, 0.5) is 0 Å². The van der Waals surface area contributed by atoms with Gasteiger partial charge in [-0.2, -0.15) is 0 Å². The first-order valence-electron chi connectivity index (χ1n) is 19.6. The first-order chi connectivity index (χ1) is 21.7. The van der Waals surface area contributed by atoms with Gasteiger partial charge in [0.2, 0.25) is 7.37 Å². The molecule has 0 aliphatic rings. The molecule has 0 rings (SSSR count). The van der Waals surface area contributed by atoms with Crippen molar-refractivity contribution < 1.29 is 9.09 Å². The summed E-state index contributed by atoms with van der Waals surface area (Å²) in [5, 5.41) is -0.288. The van der Waals surface area contributed by atoms with Crippen molar-refractivity contribution >= 4 is 7.37 Å². The van der Waals surface area contributed by atoms with Crippen LogP contribution in [0.2, 0.25) is 0 Å². The van der Waals surface area contributed by atoms with Crippen LogP contribution in [-0.2, 0) is 9.09 Å². The molecule has 0 saturated carbocycles. The van der Waals surface area contributed by atoms with Crippen molar-refractivity contribution in [2.45, 2.75) is 213 Å². The molecule has 0 aliphatic carbocycles. The van der Waals surface area contributed by atoms with Gasteiger partial charge in [-0.15, -0.1) is 0 Å². The lowest BCUT2D eigenvalue weighted by atomic mass is 10.0. The fourth-order valence-corrected chi connectivity index (χ4v) is 6.51. The molecule has 1 atom stereocenters. The third kappa shape index (κ3) is 30.2. The second kappa shape index (κ2) is 31.7. The van der Waals surface area contributed by atoms with Crippen LogP contribution in [0.25, 0.3) is 0 Å². The highest BCUT2D eigenvalue weighted by atomic mass is 31.2. The van der Waals surface area contributed by atoms with Gasteiger partial charge in [-0.25, -0.2) is 0 Å². The molecule has 0 bridgehead atoms. The quantitative estimate of drug-likeness (QED) is 0.0413. The molecule has 0 amide bonds. The molecule has 0 fully saturated rings. The van der Waals surface area contributed by atoms with Crippen molar-refractivity contribution in [1.29, 1.82) is 0 Å². The Morgan fingerprint density at radius 3 is 1.13 bits per heavy atom. The van der Waals surface area contributed by atoms with E-state index < -0.39 is 7.37 Å². The van der Waals surface area contributed by atoms with Gasteiger partial charge in [0.1, 0.15) is 0 Å². The zero-order valence-electron chi connectivity index (χ0n) is 31.3. The highest BCUT2D eigenvalue weighted by Crippen LogP contribution is 2.56. The lowest BCUT2D eigenvalue weighted by molar-refractivity contribution is 0.170. The summed E-state index contributed by atoms with van der Waals surface area (Å²) in [5.41, 5.74) is 0. The van der Waals surface area contributed by atoms with Crippen molar-refractivity contribution in [3.8, 4) is 0 Å². The van der Waals surface area contributed by atoms with Crippen molar-refractivity contribution in [3.05, 3.63) is 48.6 Å². The van der Waals surface area contributed by atoms with E-state index in [4.69, 9.17) is 4.52 Å². The molecular formula is C42H79O2P. The number of hydrogen-bond acceptors (Lipinski definition) is 2. The zero-order chi connectivity index (χ0) is 33.3. The van der Waals surface area contributed by atoms with E-state index in [0.29, 0.717) is 0 Å². The predicted molar refractivity (Wildman–Crippen MR) is 206 cm³/mol. The number of hydrogen-bond donors (Lipinski definition) is 0. The molecule has 264 valence electrons. The van der Waals surface area contributed by atoms with E-state index in [9.17, 15) is 4.57 Å². The summed E-state index contributed by atoms with van der Waals surface area (Å²) >= 11 is 0.